The van der Waals surface area contributed by atoms with Crippen molar-refractivity contribution in [3.05, 3.63) is 0 Å². The molecule has 0 aromatic heterocycles. The van der Waals surface area contributed by atoms with Crippen molar-refractivity contribution in [1.82, 2.24) is 4.90 Å². The summed E-state index contributed by atoms with van der Waals surface area (Å²) >= 11 is 0. The Hall–Kier alpha value is -0.810. The fourth-order valence-electron chi connectivity index (χ4n) is 3.32. The highest BCUT2D eigenvalue weighted by Gasteiger charge is 2.32. The van der Waals surface area contributed by atoms with E-state index in [1.807, 2.05) is 25.7 Å². The Labute approximate surface area is 141 Å². The van der Waals surface area contributed by atoms with Crippen LogP contribution in [0.15, 0.2) is 0 Å². The SMILES string of the molecule is CC(C)(C)OC(=O)N1CCCC(C2CCCC2)C1.CC(C)(O)O. The summed E-state index contributed by atoms with van der Waals surface area (Å²) in [6.07, 6.45) is 7.82. The van der Waals surface area contributed by atoms with E-state index in [1.165, 1.54) is 46.0 Å². The maximum absolute atomic E-state index is 12.1. The van der Waals surface area contributed by atoms with Crippen LogP contribution in [0.1, 0.15) is 73.1 Å². The molecule has 2 aliphatic rings. The maximum Gasteiger partial charge on any atom is 0.410 e. The molecule has 1 heterocycles. The summed E-state index contributed by atoms with van der Waals surface area (Å²) in [5.41, 5.74) is -0.378. The van der Waals surface area contributed by atoms with Crippen LogP contribution in [0.3, 0.4) is 0 Å². The Morgan fingerprint density at radius 2 is 1.43 bits per heavy atom. The molecule has 23 heavy (non-hydrogen) atoms. The Balaban J connectivity index is 0.000000463. The molecule has 1 atom stereocenters. The zero-order valence-electron chi connectivity index (χ0n) is 15.5. The highest BCUT2D eigenvalue weighted by molar-refractivity contribution is 5.68. The van der Waals surface area contributed by atoms with E-state index >= 15 is 0 Å². The highest BCUT2D eigenvalue weighted by Crippen LogP contribution is 2.36. The number of nitrogens with zero attached hydrogens (tertiary/aromatic N) is 1. The third kappa shape index (κ3) is 9.16. The van der Waals surface area contributed by atoms with Crippen molar-refractivity contribution in [1.29, 1.82) is 0 Å². The summed E-state index contributed by atoms with van der Waals surface area (Å²) in [5.74, 6) is 0.0732. The van der Waals surface area contributed by atoms with Crippen molar-refractivity contribution in [3.8, 4) is 0 Å². The van der Waals surface area contributed by atoms with Gasteiger partial charge in [-0.15, -0.1) is 0 Å². The van der Waals surface area contributed by atoms with Crippen molar-refractivity contribution in [2.75, 3.05) is 13.1 Å². The minimum Gasteiger partial charge on any atom is -0.444 e. The first-order valence-electron chi connectivity index (χ1n) is 8.88. The molecule has 1 saturated heterocycles. The zero-order chi connectivity index (χ0) is 17.7. The largest absolute Gasteiger partial charge is 0.444 e. The molecular weight excluding hydrogens is 294 g/mol. The van der Waals surface area contributed by atoms with Crippen molar-refractivity contribution in [3.63, 3.8) is 0 Å². The average molecular weight is 329 g/mol. The van der Waals surface area contributed by atoms with Gasteiger partial charge in [0.05, 0.1) is 0 Å². The molecule has 1 saturated carbocycles. The molecule has 0 aromatic rings. The lowest BCUT2D eigenvalue weighted by atomic mass is 9.84. The van der Waals surface area contributed by atoms with Gasteiger partial charge in [-0.05, 0) is 59.3 Å². The van der Waals surface area contributed by atoms with Gasteiger partial charge in [-0.3, -0.25) is 0 Å². The van der Waals surface area contributed by atoms with Crippen LogP contribution in [0.25, 0.3) is 0 Å². The second-order valence-electron chi connectivity index (χ2n) is 8.37. The van der Waals surface area contributed by atoms with Gasteiger partial charge in [0.2, 0.25) is 0 Å². The van der Waals surface area contributed by atoms with E-state index in [0.29, 0.717) is 5.92 Å². The number of aliphatic hydroxyl groups is 2. The van der Waals surface area contributed by atoms with Gasteiger partial charge in [0.15, 0.2) is 5.79 Å². The smallest absolute Gasteiger partial charge is 0.410 e. The topological polar surface area (TPSA) is 70.0 Å². The van der Waals surface area contributed by atoms with Crippen molar-refractivity contribution < 1.29 is 19.7 Å². The normalized spacial score (nSPS) is 23.3. The van der Waals surface area contributed by atoms with Crippen molar-refractivity contribution in [2.24, 2.45) is 11.8 Å². The number of ether oxygens (including phenoxy) is 1. The second-order valence-corrected chi connectivity index (χ2v) is 8.37. The molecule has 5 nitrogen and oxygen atoms in total. The molecule has 1 aliphatic carbocycles. The van der Waals surface area contributed by atoms with Crippen LogP contribution in [-0.4, -0.2) is 45.7 Å². The van der Waals surface area contributed by atoms with Gasteiger partial charge in [-0.1, -0.05) is 25.7 Å². The predicted molar refractivity (Wildman–Crippen MR) is 91.0 cm³/mol. The fourth-order valence-corrected chi connectivity index (χ4v) is 3.32. The molecule has 136 valence electrons. The molecule has 2 rings (SSSR count). The van der Waals surface area contributed by atoms with E-state index in [4.69, 9.17) is 14.9 Å². The standard InChI is InChI=1S/C15H27NO2.C3H8O2/c1-15(2,3)18-14(17)16-10-6-9-13(11-16)12-7-4-5-8-12;1-3(2,4)5/h12-13H,4-11H2,1-3H3;4-5H,1-2H3. The lowest BCUT2D eigenvalue weighted by Crippen LogP contribution is -2.44. The zero-order valence-corrected chi connectivity index (χ0v) is 15.5. The fraction of sp³-hybridized carbons (Fsp3) is 0.944. The van der Waals surface area contributed by atoms with E-state index in [1.54, 1.807) is 0 Å². The number of hydrogen-bond acceptors (Lipinski definition) is 4. The number of piperidine rings is 1. The molecule has 0 spiro atoms. The first kappa shape index (κ1) is 20.2. The van der Waals surface area contributed by atoms with Crippen molar-refractivity contribution >= 4 is 6.09 Å². The third-order valence-electron chi connectivity index (χ3n) is 4.18. The molecule has 2 N–H and O–H groups in total. The number of rotatable bonds is 1. The molecule has 0 aromatic carbocycles. The number of amides is 1. The average Bonchev–Trinajstić information content (AvgIpc) is 2.88. The van der Waals surface area contributed by atoms with Crippen molar-refractivity contribution in [2.45, 2.75) is 84.5 Å². The molecule has 0 radical (unpaired) electrons. The first-order chi connectivity index (χ1) is 10.5. The first-order valence-corrected chi connectivity index (χ1v) is 8.88. The van der Waals surface area contributed by atoms with Crippen LogP contribution in [0, 0.1) is 11.8 Å². The summed E-state index contributed by atoms with van der Waals surface area (Å²) in [4.78, 5) is 14.0. The van der Waals surface area contributed by atoms with Crippen LogP contribution in [0.4, 0.5) is 4.79 Å². The van der Waals surface area contributed by atoms with Gasteiger partial charge in [-0.25, -0.2) is 4.79 Å². The molecule has 1 unspecified atom stereocenters. The minimum atomic E-state index is -1.50. The quantitative estimate of drug-likeness (QED) is 0.722. The van der Waals surface area contributed by atoms with Crippen LogP contribution in [-0.2, 0) is 4.74 Å². The Morgan fingerprint density at radius 3 is 1.91 bits per heavy atom. The lowest BCUT2D eigenvalue weighted by Gasteiger charge is -2.36. The van der Waals surface area contributed by atoms with Crippen LogP contribution < -0.4 is 0 Å². The van der Waals surface area contributed by atoms with Gasteiger partial charge in [0, 0.05) is 13.1 Å². The number of hydrogen-bond donors (Lipinski definition) is 2. The van der Waals surface area contributed by atoms with Gasteiger partial charge in [-0.2, -0.15) is 0 Å². The summed E-state index contributed by atoms with van der Waals surface area (Å²) < 4.78 is 5.48. The van der Waals surface area contributed by atoms with Gasteiger partial charge in [0.1, 0.15) is 5.60 Å². The summed E-state index contributed by atoms with van der Waals surface area (Å²) in [6, 6.07) is 0. The highest BCUT2D eigenvalue weighted by atomic mass is 16.6. The Bertz CT molecular complexity index is 358. The molecule has 2 fully saturated rings. The second kappa shape index (κ2) is 8.34. The number of carbonyl (C=O) groups is 1. The van der Waals surface area contributed by atoms with Crippen LogP contribution in [0.5, 0.6) is 0 Å². The summed E-state index contributed by atoms with van der Waals surface area (Å²) in [7, 11) is 0. The van der Waals surface area contributed by atoms with Gasteiger partial charge < -0.3 is 19.8 Å². The summed E-state index contributed by atoms with van der Waals surface area (Å²) in [6.45, 7) is 10.2. The molecule has 5 heteroatoms. The summed E-state index contributed by atoms with van der Waals surface area (Å²) in [5, 5.41) is 16.2. The predicted octanol–water partition coefficient (Wildman–Crippen LogP) is 3.53. The number of carbonyl (C=O) groups excluding carboxylic acids is 1. The molecule has 1 amide bonds. The van der Waals surface area contributed by atoms with E-state index in [-0.39, 0.29) is 11.7 Å². The Kier molecular flexibility index (Phi) is 7.33. The van der Waals surface area contributed by atoms with Gasteiger partial charge >= 0.3 is 6.09 Å². The van der Waals surface area contributed by atoms with E-state index in [9.17, 15) is 4.79 Å². The van der Waals surface area contributed by atoms with Crippen LogP contribution in [0.2, 0.25) is 0 Å². The lowest BCUT2D eigenvalue weighted by molar-refractivity contribution is -0.127. The van der Waals surface area contributed by atoms with E-state index in [2.05, 4.69) is 0 Å². The van der Waals surface area contributed by atoms with E-state index in [0.717, 1.165) is 25.4 Å². The molecule has 0 bridgehead atoms. The monoisotopic (exact) mass is 329 g/mol. The Morgan fingerprint density at radius 1 is 0.957 bits per heavy atom. The minimum absolute atomic E-state index is 0.120. The maximum atomic E-state index is 12.1. The van der Waals surface area contributed by atoms with E-state index < -0.39 is 5.79 Å². The third-order valence-corrected chi connectivity index (χ3v) is 4.18. The molecule has 1 aliphatic heterocycles. The van der Waals surface area contributed by atoms with Gasteiger partial charge in [0.25, 0.3) is 0 Å². The molecular formula is C18H35NO4. The van der Waals surface area contributed by atoms with Crippen LogP contribution >= 0.6 is 0 Å². The number of likely N-dealkylation sites (tertiary alicyclic amines) is 1.